The molecular formula is H12GaO12Sb3. The van der Waals surface area contributed by atoms with Gasteiger partial charge in [-0.2, -0.15) is 0 Å². The van der Waals surface area contributed by atoms with Crippen LogP contribution in [0.25, 0.3) is 0 Å². The van der Waals surface area contributed by atoms with E-state index in [9.17, 15) is 0 Å². The Bertz CT molecular complexity index is 202. The Labute approximate surface area is 118 Å². The molecule has 0 aromatic carbocycles. The van der Waals surface area contributed by atoms with Crippen molar-refractivity contribution in [1.29, 1.82) is 0 Å². The first-order chi connectivity index (χ1) is 6.00. The molecule has 0 bridgehead atoms. The summed E-state index contributed by atoms with van der Waals surface area (Å²) in [7, 11) is 0. The molecule has 0 saturated carbocycles. The fourth-order valence-electron chi connectivity index (χ4n) is 0. The SMILES string of the molecule is [GaH3].[O]=[Sb]([OH])([OH])[OH].[O]=[Sb]([OH])([OH])[OH].[O]=[Sb]([OH])([OH])[OH]. The van der Waals surface area contributed by atoms with E-state index >= 15 is 0 Å². The summed E-state index contributed by atoms with van der Waals surface area (Å²) < 4.78 is 92.4. The van der Waals surface area contributed by atoms with Gasteiger partial charge in [-0.25, -0.2) is 0 Å². The molecule has 0 aliphatic heterocycles. The molecule has 16 heavy (non-hydrogen) atoms. The zero-order valence-electron chi connectivity index (χ0n) is 6.59. The summed E-state index contributed by atoms with van der Waals surface area (Å²) in [5, 5.41) is 0. The van der Waals surface area contributed by atoms with E-state index in [0.717, 1.165) is 0 Å². The molecule has 0 heterocycles. The zero-order valence-corrected chi connectivity index (χ0v) is 14.2. The maximum atomic E-state index is 8.97. The Hall–Kier alpha value is 2.13. The Morgan fingerprint density at radius 2 is 0.438 bits per heavy atom. The number of hydrogen-bond donors (Lipinski definition) is 9. The molecule has 102 valence electrons. The van der Waals surface area contributed by atoms with Crippen molar-refractivity contribution < 1.29 is 39.5 Å². The van der Waals surface area contributed by atoms with E-state index in [1.54, 1.807) is 0 Å². The van der Waals surface area contributed by atoms with Crippen molar-refractivity contribution >= 4 is 80.0 Å². The third-order valence-electron chi connectivity index (χ3n) is 0. The molecule has 0 saturated heterocycles. The topological polar surface area (TPSA) is 233 Å². The summed E-state index contributed by atoms with van der Waals surface area (Å²) >= 11 is -16.0. The van der Waals surface area contributed by atoms with Crippen molar-refractivity contribution in [2.45, 2.75) is 0 Å². The van der Waals surface area contributed by atoms with Crippen molar-refractivity contribution in [3.63, 3.8) is 0 Å². The van der Waals surface area contributed by atoms with Crippen LogP contribution < -0.4 is 0 Å². The molecule has 16 heteroatoms. The van der Waals surface area contributed by atoms with Crippen molar-refractivity contribution in [1.82, 2.24) is 0 Å². The average Bonchev–Trinajstić information content (AvgIpc) is 1.41. The van der Waals surface area contributed by atoms with Crippen molar-refractivity contribution in [3.8, 4) is 0 Å². The van der Waals surface area contributed by atoms with Gasteiger partial charge < -0.3 is 0 Å². The molecule has 0 spiro atoms. The van der Waals surface area contributed by atoms with Gasteiger partial charge in [-0.1, -0.05) is 0 Å². The van der Waals surface area contributed by atoms with Gasteiger partial charge in [0, 0.05) is 0 Å². The molecule has 12 nitrogen and oxygen atoms in total. The molecule has 0 unspecified atom stereocenters. The van der Waals surface area contributed by atoms with E-state index in [1.165, 1.54) is 0 Å². The maximum absolute atomic E-state index is 8.97. The Morgan fingerprint density at radius 1 is 0.438 bits per heavy atom. The average molecular weight is 639 g/mol. The summed E-state index contributed by atoms with van der Waals surface area (Å²) in [6, 6.07) is 0. The van der Waals surface area contributed by atoms with Crippen LogP contribution in [0.4, 0.5) is 0 Å². The Balaban J connectivity index is -0.0000000655. The van der Waals surface area contributed by atoms with Crippen LogP contribution >= 0.6 is 0 Å². The number of hydrogen-bond acceptors (Lipinski definition) is 3. The first-order valence-corrected chi connectivity index (χ1v) is 15.7. The summed E-state index contributed by atoms with van der Waals surface area (Å²) in [4.78, 5) is 0. The molecular weight excluding hydrogens is 627 g/mol. The first-order valence-electron chi connectivity index (χ1n) is 2.35. The van der Waals surface area contributed by atoms with Gasteiger partial charge in [0.2, 0.25) is 0 Å². The van der Waals surface area contributed by atoms with Gasteiger partial charge in [-0.05, 0) is 0 Å². The van der Waals surface area contributed by atoms with Crippen molar-refractivity contribution in [2.24, 2.45) is 0 Å². The van der Waals surface area contributed by atoms with Gasteiger partial charge >= 0.3 is 119 Å². The van der Waals surface area contributed by atoms with Gasteiger partial charge in [0.05, 0.1) is 0 Å². The molecule has 9 N–H and O–H groups in total. The Morgan fingerprint density at radius 3 is 0.438 bits per heavy atom. The van der Waals surface area contributed by atoms with Crippen molar-refractivity contribution in [3.05, 3.63) is 0 Å². The minimum atomic E-state index is -5.35. The van der Waals surface area contributed by atoms with Crippen LogP contribution in [0.1, 0.15) is 0 Å². The fourth-order valence-corrected chi connectivity index (χ4v) is 0. The van der Waals surface area contributed by atoms with E-state index in [0.29, 0.717) is 0 Å². The van der Waals surface area contributed by atoms with E-state index in [-0.39, 0.29) is 19.8 Å². The third-order valence-corrected chi connectivity index (χ3v) is 0. The molecule has 0 aromatic heterocycles. The monoisotopic (exact) mass is 636 g/mol. The van der Waals surface area contributed by atoms with E-state index < -0.39 is 60.2 Å². The molecule has 0 fully saturated rings. The van der Waals surface area contributed by atoms with Gasteiger partial charge in [0.25, 0.3) is 0 Å². The molecule has 0 rings (SSSR count). The van der Waals surface area contributed by atoms with Gasteiger partial charge in [0.1, 0.15) is 0 Å². The zero-order chi connectivity index (χ0) is 13.5. The molecule has 0 aliphatic carbocycles. The molecule has 0 atom stereocenters. The quantitative estimate of drug-likeness (QED) is 0.113. The second-order valence-corrected chi connectivity index (χ2v) is 10.3. The molecule has 0 aliphatic rings. The van der Waals surface area contributed by atoms with Crippen LogP contribution in [0.3, 0.4) is 0 Å². The fraction of sp³-hybridized carbons (Fsp3) is 0. The standard InChI is InChI=1S/Ga.9H2O.3O.3Sb.3H/h;9*1H2;;;;;;;;;/q;;;;;;;;;;;;;3*+3;;;/p-9. The van der Waals surface area contributed by atoms with Crippen LogP contribution in [0.15, 0.2) is 0 Å². The van der Waals surface area contributed by atoms with Gasteiger partial charge in [0.15, 0.2) is 0 Å². The third kappa shape index (κ3) is 813. The summed E-state index contributed by atoms with van der Waals surface area (Å²) in [6.07, 6.45) is 0. The van der Waals surface area contributed by atoms with Crippen LogP contribution in [0.2, 0.25) is 0 Å². The predicted molar refractivity (Wildman–Crippen MR) is 49.2 cm³/mol. The van der Waals surface area contributed by atoms with Crippen LogP contribution in [0, 0.1) is 0 Å². The molecule has 0 radical (unpaired) electrons. The van der Waals surface area contributed by atoms with E-state index in [2.05, 4.69) is 0 Å². The van der Waals surface area contributed by atoms with E-state index in [4.69, 9.17) is 39.5 Å². The van der Waals surface area contributed by atoms with E-state index in [1.807, 2.05) is 0 Å². The van der Waals surface area contributed by atoms with Gasteiger partial charge in [-0.3, -0.25) is 0 Å². The minimum absolute atomic E-state index is 0. The summed E-state index contributed by atoms with van der Waals surface area (Å²) in [6.45, 7) is 0. The first kappa shape index (κ1) is 26.6. The second-order valence-electron chi connectivity index (χ2n) is 1.54. The number of rotatable bonds is 0. The molecule has 0 amide bonds. The van der Waals surface area contributed by atoms with Crippen molar-refractivity contribution in [2.75, 3.05) is 0 Å². The normalized spacial score (nSPS) is 11.1. The van der Waals surface area contributed by atoms with Crippen LogP contribution in [0.5, 0.6) is 0 Å². The summed E-state index contributed by atoms with van der Waals surface area (Å²) in [5.41, 5.74) is 0. The summed E-state index contributed by atoms with van der Waals surface area (Å²) in [5.74, 6) is 0. The second kappa shape index (κ2) is 11.0. The van der Waals surface area contributed by atoms with Crippen LogP contribution in [-0.4, -0.2) is 110 Å². The predicted octanol–water partition coefficient (Wildman–Crippen LogP) is -7.70. The van der Waals surface area contributed by atoms with Crippen LogP contribution in [-0.2, 0) is 9.05 Å². The van der Waals surface area contributed by atoms with Gasteiger partial charge in [-0.15, -0.1) is 0 Å². The Kier molecular flexibility index (Phi) is 18.3. The molecule has 0 aromatic rings.